The molecule has 1 aromatic carbocycles. The van der Waals surface area contributed by atoms with Gasteiger partial charge in [0, 0.05) is 4.90 Å². The molecule has 100 valence electrons. The molecule has 0 saturated carbocycles. The van der Waals surface area contributed by atoms with E-state index in [1.54, 1.807) is 0 Å². The van der Waals surface area contributed by atoms with Crippen LogP contribution in [0.1, 0.15) is 57.9 Å². The number of allylic oxidation sites excluding steroid dienone is 2. The predicted octanol–water partition coefficient (Wildman–Crippen LogP) is 6.04. The fourth-order valence-electron chi connectivity index (χ4n) is 2.02. The molecular weight excluding hydrogens is 236 g/mol. The van der Waals surface area contributed by atoms with Gasteiger partial charge < -0.3 is 0 Å². The van der Waals surface area contributed by atoms with Crippen molar-refractivity contribution in [2.75, 3.05) is 5.75 Å². The third-order valence-corrected chi connectivity index (χ3v) is 4.36. The summed E-state index contributed by atoms with van der Waals surface area (Å²) in [5.41, 5.74) is 1.49. The minimum atomic E-state index is 0.679. The fourth-order valence-corrected chi connectivity index (χ4v) is 2.79. The predicted molar refractivity (Wildman–Crippen MR) is 84.5 cm³/mol. The van der Waals surface area contributed by atoms with Gasteiger partial charge in [0.15, 0.2) is 0 Å². The Kier molecular flexibility index (Phi) is 7.91. The van der Waals surface area contributed by atoms with Gasteiger partial charge in [0.2, 0.25) is 0 Å². The van der Waals surface area contributed by atoms with E-state index in [-0.39, 0.29) is 0 Å². The minimum absolute atomic E-state index is 0.679. The van der Waals surface area contributed by atoms with Crippen LogP contribution in [-0.2, 0) is 0 Å². The van der Waals surface area contributed by atoms with Crippen molar-refractivity contribution >= 4 is 11.8 Å². The summed E-state index contributed by atoms with van der Waals surface area (Å²) in [5, 5.41) is 0. The van der Waals surface area contributed by atoms with Gasteiger partial charge in [-0.15, -0.1) is 11.8 Å². The van der Waals surface area contributed by atoms with Crippen molar-refractivity contribution < 1.29 is 0 Å². The van der Waals surface area contributed by atoms with E-state index in [9.17, 15) is 0 Å². The minimum Gasteiger partial charge on any atom is -0.126 e. The van der Waals surface area contributed by atoms with Crippen LogP contribution in [0.25, 0.3) is 0 Å². The summed E-state index contributed by atoms with van der Waals surface area (Å²) < 4.78 is 0. The van der Waals surface area contributed by atoms with Crippen LogP contribution in [0.4, 0.5) is 0 Å². The first-order chi connectivity index (χ1) is 8.81. The molecule has 1 rings (SSSR count). The fraction of sp³-hybridized carbons (Fsp3) is 0.529. The van der Waals surface area contributed by atoms with Crippen LogP contribution in [0.5, 0.6) is 0 Å². The van der Waals surface area contributed by atoms with Crippen LogP contribution in [0.2, 0.25) is 0 Å². The van der Waals surface area contributed by atoms with Crippen LogP contribution in [0.15, 0.2) is 41.3 Å². The topological polar surface area (TPSA) is 0 Å². The van der Waals surface area contributed by atoms with E-state index in [4.69, 9.17) is 0 Å². The van der Waals surface area contributed by atoms with E-state index >= 15 is 0 Å². The lowest BCUT2D eigenvalue weighted by Gasteiger charge is -2.13. The molecular formula is C17H26S. The van der Waals surface area contributed by atoms with Crippen molar-refractivity contribution in [3.63, 3.8) is 0 Å². The van der Waals surface area contributed by atoms with Gasteiger partial charge in [0.05, 0.1) is 0 Å². The second-order valence-corrected chi connectivity index (χ2v) is 5.81. The quantitative estimate of drug-likeness (QED) is 0.406. The third-order valence-electron chi connectivity index (χ3n) is 3.14. The summed E-state index contributed by atoms with van der Waals surface area (Å²) in [5.74, 6) is 1.90. The van der Waals surface area contributed by atoms with Crippen molar-refractivity contribution in [2.24, 2.45) is 0 Å². The lowest BCUT2D eigenvalue weighted by Crippen LogP contribution is -1.95. The molecule has 0 radical (unpaired) electrons. The van der Waals surface area contributed by atoms with Crippen molar-refractivity contribution in [3.8, 4) is 0 Å². The Hall–Kier alpha value is -0.690. The average Bonchev–Trinajstić information content (AvgIpc) is 2.42. The second-order valence-electron chi connectivity index (χ2n) is 4.64. The maximum absolute atomic E-state index is 2.33. The zero-order chi connectivity index (χ0) is 13.2. The third kappa shape index (κ3) is 5.30. The molecule has 0 nitrogen and oxygen atoms in total. The smallest absolute Gasteiger partial charge is 0.00721 e. The molecule has 18 heavy (non-hydrogen) atoms. The van der Waals surface area contributed by atoms with Gasteiger partial charge in [0.25, 0.3) is 0 Å². The molecule has 0 saturated heterocycles. The molecule has 1 unspecified atom stereocenters. The highest BCUT2D eigenvalue weighted by atomic mass is 32.2. The summed E-state index contributed by atoms with van der Waals surface area (Å²) in [6, 6.07) is 9.18. The van der Waals surface area contributed by atoms with Gasteiger partial charge in [-0.1, -0.05) is 45.1 Å². The molecule has 1 atom stereocenters. The van der Waals surface area contributed by atoms with E-state index in [2.05, 4.69) is 57.2 Å². The Balaban J connectivity index is 2.60. The van der Waals surface area contributed by atoms with Gasteiger partial charge >= 0.3 is 0 Å². The van der Waals surface area contributed by atoms with Crippen molar-refractivity contribution in [2.45, 2.75) is 57.3 Å². The van der Waals surface area contributed by atoms with Crippen LogP contribution < -0.4 is 0 Å². The molecule has 0 aliphatic rings. The highest BCUT2D eigenvalue weighted by Gasteiger charge is 2.07. The van der Waals surface area contributed by atoms with Crippen LogP contribution in [-0.4, -0.2) is 5.75 Å². The zero-order valence-corrected chi connectivity index (χ0v) is 12.8. The molecule has 0 spiro atoms. The number of benzene rings is 1. The van der Waals surface area contributed by atoms with Gasteiger partial charge in [-0.05, 0) is 55.1 Å². The van der Waals surface area contributed by atoms with E-state index in [1.807, 2.05) is 11.8 Å². The molecule has 0 fully saturated rings. The maximum Gasteiger partial charge on any atom is 0.00721 e. The Morgan fingerprint density at radius 1 is 1.06 bits per heavy atom. The highest BCUT2D eigenvalue weighted by Crippen LogP contribution is 2.26. The standard InChI is InChI=1S/C17H26S/c1-4-7-8-9-15(6-3)16-10-12-17(13-11-16)18-14-5-2/h7-8,10-13,15H,4-6,9,14H2,1-3H3/b8-7-. The first-order valence-corrected chi connectivity index (χ1v) is 8.18. The zero-order valence-electron chi connectivity index (χ0n) is 12.0. The average molecular weight is 262 g/mol. The molecule has 0 aliphatic carbocycles. The maximum atomic E-state index is 2.33. The highest BCUT2D eigenvalue weighted by molar-refractivity contribution is 7.99. The van der Waals surface area contributed by atoms with Crippen LogP contribution in [0.3, 0.4) is 0 Å². The number of rotatable bonds is 8. The van der Waals surface area contributed by atoms with E-state index < -0.39 is 0 Å². The summed E-state index contributed by atoms with van der Waals surface area (Å²) in [7, 11) is 0. The Bertz CT molecular complexity index is 337. The lowest BCUT2D eigenvalue weighted by molar-refractivity contribution is 0.673. The number of hydrogen-bond donors (Lipinski definition) is 0. The van der Waals surface area contributed by atoms with Crippen molar-refractivity contribution in [1.29, 1.82) is 0 Å². The van der Waals surface area contributed by atoms with Crippen LogP contribution in [0, 0.1) is 0 Å². The van der Waals surface area contributed by atoms with E-state index in [1.165, 1.54) is 35.5 Å². The Morgan fingerprint density at radius 3 is 2.33 bits per heavy atom. The number of thioether (sulfide) groups is 1. The summed E-state index contributed by atoms with van der Waals surface area (Å²) >= 11 is 1.96. The Labute approximate surface area is 117 Å². The Morgan fingerprint density at radius 2 is 1.78 bits per heavy atom. The monoisotopic (exact) mass is 262 g/mol. The molecule has 0 aromatic heterocycles. The van der Waals surface area contributed by atoms with Crippen molar-refractivity contribution in [1.82, 2.24) is 0 Å². The second kappa shape index (κ2) is 9.27. The molecule has 0 N–H and O–H groups in total. The molecule has 1 aromatic rings. The summed E-state index contributed by atoms with van der Waals surface area (Å²) in [6.07, 6.45) is 9.37. The first kappa shape index (κ1) is 15.4. The molecule has 0 amide bonds. The summed E-state index contributed by atoms with van der Waals surface area (Å²) in [4.78, 5) is 1.40. The molecule has 0 heterocycles. The van der Waals surface area contributed by atoms with Gasteiger partial charge in [-0.3, -0.25) is 0 Å². The van der Waals surface area contributed by atoms with Gasteiger partial charge in [0.1, 0.15) is 0 Å². The van der Waals surface area contributed by atoms with E-state index in [0.29, 0.717) is 5.92 Å². The first-order valence-electron chi connectivity index (χ1n) is 7.19. The lowest BCUT2D eigenvalue weighted by atomic mass is 9.93. The summed E-state index contributed by atoms with van der Waals surface area (Å²) in [6.45, 7) is 6.70. The molecule has 0 aliphatic heterocycles. The van der Waals surface area contributed by atoms with Gasteiger partial charge in [-0.25, -0.2) is 0 Å². The van der Waals surface area contributed by atoms with Crippen LogP contribution >= 0.6 is 11.8 Å². The molecule has 0 bridgehead atoms. The molecule has 1 heteroatoms. The largest absolute Gasteiger partial charge is 0.126 e. The van der Waals surface area contributed by atoms with E-state index in [0.717, 1.165) is 6.42 Å². The van der Waals surface area contributed by atoms with Crippen molar-refractivity contribution in [3.05, 3.63) is 42.0 Å². The normalized spacial score (nSPS) is 13.1. The SMILES string of the molecule is CC/C=C\CC(CC)c1ccc(SCCC)cc1. The van der Waals surface area contributed by atoms with Gasteiger partial charge in [-0.2, -0.15) is 0 Å². The number of hydrogen-bond acceptors (Lipinski definition) is 1.